The van der Waals surface area contributed by atoms with Crippen LogP contribution in [0.25, 0.3) is 0 Å². The van der Waals surface area contributed by atoms with E-state index in [4.69, 9.17) is 10.5 Å². The number of halogens is 1. The third-order valence-electron chi connectivity index (χ3n) is 3.02. The highest BCUT2D eigenvalue weighted by Gasteiger charge is 2.19. The zero-order chi connectivity index (χ0) is 17.9. The Labute approximate surface area is 148 Å². The van der Waals surface area contributed by atoms with Crippen molar-refractivity contribution in [1.29, 1.82) is 0 Å². The molecule has 0 aliphatic rings. The van der Waals surface area contributed by atoms with Gasteiger partial charge in [0.15, 0.2) is 0 Å². The maximum absolute atomic E-state index is 12.5. The summed E-state index contributed by atoms with van der Waals surface area (Å²) in [6.07, 6.45) is 0. The first-order valence-electron chi connectivity index (χ1n) is 6.76. The second-order valence-electron chi connectivity index (χ2n) is 4.89. The van der Waals surface area contributed by atoms with Gasteiger partial charge in [-0.15, -0.1) is 0 Å². The third kappa shape index (κ3) is 4.18. The summed E-state index contributed by atoms with van der Waals surface area (Å²) in [4.78, 5) is 11.0. The number of carbonyl (C=O) groups excluding carboxylic acids is 1. The van der Waals surface area contributed by atoms with E-state index < -0.39 is 10.0 Å². The molecule has 0 spiro atoms. The minimum absolute atomic E-state index is 0.0439. The number of amides is 1. The number of rotatable bonds is 5. The Bertz CT molecular complexity index is 867. The molecule has 24 heavy (non-hydrogen) atoms. The molecule has 0 unspecified atom stereocenters. The Morgan fingerprint density at radius 2 is 1.83 bits per heavy atom. The number of ether oxygens (including phenoxy) is 1. The number of carbonyl (C=O) groups is 1. The Kier molecular flexibility index (Phi) is 5.35. The average molecular weight is 414 g/mol. The number of hydrogen-bond donors (Lipinski definition) is 3. The molecule has 0 saturated carbocycles. The van der Waals surface area contributed by atoms with Gasteiger partial charge in [0.2, 0.25) is 5.91 Å². The first-order valence-corrected chi connectivity index (χ1v) is 9.04. The SMILES string of the molecule is COc1cc(N)cc(Br)c1NS(=O)(=O)c1ccc(NC(C)=O)cc1. The molecule has 0 saturated heterocycles. The van der Waals surface area contributed by atoms with Crippen LogP contribution in [0.5, 0.6) is 5.75 Å². The quantitative estimate of drug-likeness (QED) is 0.652. The van der Waals surface area contributed by atoms with Gasteiger partial charge in [0.05, 0.1) is 12.0 Å². The lowest BCUT2D eigenvalue weighted by atomic mass is 10.2. The van der Waals surface area contributed by atoms with Crippen molar-refractivity contribution in [2.75, 3.05) is 22.9 Å². The van der Waals surface area contributed by atoms with E-state index in [9.17, 15) is 13.2 Å². The Balaban J connectivity index is 2.34. The number of sulfonamides is 1. The Morgan fingerprint density at radius 1 is 1.21 bits per heavy atom. The predicted molar refractivity (Wildman–Crippen MR) is 96.7 cm³/mol. The van der Waals surface area contributed by atoms with Gasteiger partial charge in [-0.1, -0.05) is 0 Å². The second kappa shape index (κ2) is 7.10. The molecule has 2 aromatic rings. The van der Waals surface area contributed by atoms with Crippen LogP contribution in [-0.4, -0.2) is 21.4 Å². The number of hydrogen-bond acceptors (Lipinski definition) is 5. The van der Waals surface area contributed by atoms with Crippen molar-refractivity contribution in [3.63, 3.8) is 0 Å². The zero-order valence-electron chi connectivity index (χ0n) is 13.0. The van der Waals surface area contributed by atoms with Crippen LogP contribution >= 0.6 is 15.9 Å². The van der Waals surface area contributed by atoms with Gasteiger partial charge in [-0.05, 0) is 46.3 Å². The van der Waals surface area contributed by atoms with Crippen LogP contribution in [0.4, 0.5) is 17.1 Å². The summed E-state index contributed by atoms with van der Waals surface area (Å²) < 4.78 is 33.2. The van der Waals surface area contributed by atoms with Crippen LogP contribution in [0.1, 0.15) is 6.92 Å². The highest BCUT2D eigenvalue weighted by molar-refractivity contribution is 9.10. The number of nitrogens with two attached hydrogens (primary N) is 1. The lowest BCUT2D eigenvalue weighted by Crippen LogP contribution is -2.14. The predicted octanol–water partition coefficient (Wildman–Crippen LogP) is 2.80. The third-order valence-corrected chi connectivity index (χ3v) is 5.01. The molecule has 0 fully saturated rings. The highest BCUT2D eigenvalue weighted by Crippen LogP contribution is 2.36. The summed E-state index contributed by atoms with van der Waals surface area (Å²) in [5.74, 6) is 0.0552. The molecule has 1 amide bonds. The summed E-state index contributed by atoms with van der Waals surface area (Å²) >= 11 is 3.27. The van der Waals surface area contributed by atoms with Crippen molar-refractivity contribution in [1.82, 2.24) is 0 Å². The molecule has 4 N–H and O–H groups in total. The van der Waals surface area contributed by atoms with Gasteiger partial charge in [0.25, 0.3) is 10.0 Å². The van der Waals surface area contributed by atoms with Gasteiger partial charge in [0, 0.05) is 28.8 Å². The fraction of sp³-hybridized carbons (Fsp3) is 0.133. The molecule has 0 atom stereocenters. The van der Waals surface area contributed by atoms with Crippen molar-refractivity contribution in [3.05, 3.63) is 40.9 Å². The van der Waals surface area contributed by atoms with E-state index in [-0.39, 0.29) is 16.5 Å². The van der Waals surface area contributed by atoms with Crippen molar-refractivity contribution in [2.45, 2.75) is 11.8 Å². The van der Waals surface area contributed by atoms with Crippen molar-refractivity contribution < 1.29 is 17.9 Å². The largest absolute Gasteiger partial charge is 0.494 e. The van der Waals surface area contributed by atoms with Crippen LogP contribution in [0, 0.1) is 0 Å². The van der Waals surface area contributed by atoms with Crippen molar-refractivity contribution in [3.8, 4) is 5.75 Å². The van der Waals surface area contributed by atoms with Gasteiger partial charge in [-0.3, -0.25) is 9.52 Å². The molecule has 0 bridgehead atoms. The van der Waals surface area contributed by atoms with E-state index >= 15 is 0 Å². The molecule has 128 valence electrons. The number of anilines is 3. The minimum atomic E-state index is -3.84. The van der Waals surface area contributed by atoms with Crippen LogP contribution in [0.15, 0.2) is 45.8 Å². The molecule has 0 radical (unpaired) electrons. The fourth-order valence-corrected chi connectivity index (χ4v) is 3.76. The van der Waals surface area contributed by atoms with Crippen LogP contribution in [-0.2, 0) is 14.8 Å². The van der Waals surface area contributed by atoms with Crippen LogP contribution in [0.3, 0.4) is 0 Å². The molecule has 0 aliphatic heterocycles. The molecule has 0 aliphatic carbocycles. The van der Waals surface area contributed by atoms with E-state index in [2.05, 4.69) is 26.0 Å². The molecular weight excluding hydrogens is 398 g/mol. The maximum Gasteiger partial charge on any atom is 0.262 e. The molecule has 9 heteroatoms. The topological polar surface area (TPSA) is 111 Å². The van der Waals surface area contributed by atoms with Gasteiger partial charge in [-0.2, -0.15) is 0 Å². The van der Waals surface area contributed by atoms with Crippen LogP contribution in [0.2, 0.25) is 0 Å². The number of benzene rings is 2. The summed E-state index contributed by atoms with van der Waals surface area (Å²) in [5, 5.41) is 2.57. The van der Waals surface area contributed by atoms with Gasteiger partial charge < -0.3 is 15.8 Å². The monoisotopic (exact) mass is 413 g/mol. The molecule has 0 aromatic heterocycles. The molecular formula is C15H16BrN3O4S. The fourth-order valence-electron chi connectivity index (χ4n) is 1.98. The molecule has 2 rings (SSSR count). The van der Waals surface area contributed by atoms with E-state index in [1.807, 2.05) is 0 Å². The molecule has 7 nitrogen and oxygen atoms in total. The highest BCUT2D eigenvalue weighted by atomic mass is 79.9. The van der Waals surface area contributed by atoms with Gasteiger partial charge in [-0.25, -0.2) is 8.42 Å². The summed E-state index contributed by atoms with van der Waals surface area (Å²) in [5.41, 5.74) is 6.90. The van der Waals surface area contributed by atoms with E-state index in [1.165, 1.54) is 44.4 Å². The maximum atomic E-state index is 12.5. The number of nitrogens with one attached hydrogen (secondary N) is 2. The van der Waals surface area contributed by atoms with Crippen LogP contribution < -0.4 is 20.5 Å². The number of nitrogen functional groups attached to an aromatic ring is 1. The summed E-state index contributed by atoms with van der Waals surface area (Å²) in [6.45, 7) is 1.37. The van der Waals surface area contributed by atoms with Crippen molar-refractivity contribution >= 4 is 48.9 Å². The molecule has 2 aromatic carbocycles. The normalized spacial score (nSPS) is 11.0. The van der Waals surface area contributed by atoms with Gasteiger partial charge in [0.1, 0.15) is 11.4 Å². The first kappa shape index (κ1) is 18.1. The van der Waals surface area contributed by atoms with E-state index in [0.29, 0.717) is 21.6 Å². The summed E-state index contributed by atoms with van der Waals surface area (Å²) in [6, 6.07) is 8.88. The minimum Gasteiger partial charge on any atom is -0.494 e. The standard InChI is InChI=1S/C15H16BrN3O4S/c1-9(20)18-11-3-5-12(6-4-11)24(21,22)19-15-13(16)7-10(17)8-14(15)23-2/h3-8,19H,17H2,1-2H3,(H,18,20). The average Bonchev–Trinajstić information content (AvgIpc) is 2.49. The molecule has 0 heterocycles. The zero-order valence-corrected chi connectivity index (χ0v) is 15.4. The Hall–Kier alpha value is -2.26. The second-order valence-corrected chi connectivity index (χ2v) is 7.43. The lowest BCUT2D eigenvalue weighted by molar-refractivity contribution is -0.114. The Morgan fingerprint density at radius 3 is 2.38 bits per heavy atom. The summed E-state index contributed by atoms with van der Waals surface area (Å²) in [7, 11) is -2.42. The smallest absolute Gasteiger partial charge is 0.262 e. The van der Waals surface area contributed by atoms with Gasteiger partial charge >= 0.3 is 0 Å². The van der Waals surface area contributed by atoms with Crippen molar-refractivity contribution in [2.24, 2.45) is 0 Å². The number of methoxy groups -OCH3 is 1. The van der Waals surface area contributed by atoms with E-state index in [0.717, 1.165) is 0 Å². The van der Waals surface area contributed by atoms with E-state index in [1.54, 1.807) is 6.07 Å². The first-order chi connectivity index (χ1) is 11.2. The lowest BCUT2D eigenvalue weighted by Gasteiger charge is -2.14.